The fourth-order valence-electron chi connectivity index (χ4n) is 2.12. The first-order valence-corrected chi connectivity index (χ1v) is 8.05. The first-order valence-electron chi connectivity index (χ1n) is 6.49. The van der Waals surface area contributed by atoms with Crippen LogP contribution in [-0.4, -0.2) is 29.4 Å². The summed E-state index contributed by atoms with van der Waals surface area (Å²) in [5.41, 5.74) is 0.798. The average molecular weight is 329 g/mol. The number of fused-ring (bicyclic) bond motifs is 1. The van der Waals surface area contributed by atoms with Crippen molar-refractivity contribution in [2.45, 2.75) is 17.5 Å². The SMILES string of the molecule is C[S+]([O-])c1ccc2cccc(CCNC(=O)C(F)(F)F)c2c1. The molecule has 1 unspecified atom stereocenters. The van der Waals surface area contributed by atoms with E-state index < -0.39 is 23.3 Å². The van der Waals surface area contributed by atoms with Crippen molar-refractivity contribution in [1.29, 1.82) is 0 Å². The fourth-order valence-corrected chi connectivity index (χ4v) is 2.67. The zero-order chi connectivity index (χ0) is 16.3. The number of hydrogen-bond donors (Lipinski definition) is 1. The van der Waals surface area contributed by atoms with Gasteiger partial charge in [-0.05, 0) is 46.1 Å². The van der Waals surface area contributed by atoms with Crippen LogP contribution in [0.25, 0.3) is 10.8 Å². The van der Waals surface area contributed by atoms with E-state index in [-0.39, 0.29) is 13.0 Å². The van der Waals surface area contributed by atoms with Gasteiger partial charge in [-0.3, -0.25) is 4.79 Å². The van der Waals surface area contributed by atoms with Gasteiger partial charge in [-0.25, -0.2) is 0 Å². The second-order valence-corrected chi connectivity index (χ2v) is 6.14. The minimum Gasteiger partial charge on any atom is -0.612 e. The van der Waals surface area contributed by atoms with E-state index in [0.717, 1.165) is 16.3 Å². The van der Waals surface area contributed by atoms with Crippen LogP contribution >= 0.6 is 0 Å². The molecule has 1 amide bonds. The van der Waals surface area contributed by atoms with Gasteiger partial charge < -0.3 is 9.87 Å². The Bertz CT molecular complexity index is 686. The monoisotopic (exact) mass is 329 g/mol. The van der Waals surface area contributed by atoms with Crippen LogP contribution in [0.2, 0.25) is 0 Å². The molecule has 0 saturated carbocycles. The molecular weight excluding hydrogens is 315 g/mol. The summed E-state index contributed by atoms with van der Waals surface area (Å²) >= 11 is -1.14. The number of alkyl halides is 3. The van der Waals surface area contributed by atoms with Crippen LogP contribution < -0.4 is 5.32 Å². The van der Waals surface area contributed by atoms with Crippen molar-refractivity contribution < 1.29 is 22.5 Å². The molecule has 0 aliphatic carbocycles. The minimum atomic E-state index is -4.87. The van der Waals surface area contributed by atoms with E-state index in [1.165, 1.54) is 0 Å². The molecule has 0 fully saturated rings. The van der Waals surface area contributed by atoms with E-state index in [1.807, 2.05) is 17.4 Å². The van der Waals surface area contributed by atoms with E-state index in [1.54, 1.807) is 30.5 Å². The average Bonchev–Trinajstić information content (AvgIpc) is 2.45. The summed E-state index contributed by atoms with van der Waals surface area (Å²) in [5, 5.41) is 3.59. The van der Waals surface area contributed by atoms with Gasteiger partial charge in [-0.2, -0.15) is 13.2 Å². The maximum absolute atomic E-state index is 12.1. The van der Waals surface area contributed by atoms with Crippen molar-refractivity contribution in [2.75, 3.05) is 12.8 Å². The third-order valence-corrected chi connectivity index (χ3v) is 4.13. The molecule has 1 atom stereocenters. The topological polar surface area (TPSA) is 52.2 Å². The van der Waals surface area contributed by atoms with Crippen LogP contribution in [0.3, 0.4) is 0 Å². The van der Waals surface area contributed by atoms with Gasteiger partial charge in [0.1, 0.15) is 6.26 Å². The van der Waals surface area contributed by atoms with Gasteiger partial charge in [0, 0.05) is 12.6 Å². The molecule has 0 saturated heterocycles. The number of carbonyl (C=O) groups is 1. The van der Waals surface area contributed by atoms with Crippen LogP contribution in [0.15, 0.2) is 41.3 Å². The van der Waals surface area contributed by atoms with Gasteiger partial charge in [0.15, 0.2) is 4.90 Å². The molecular formula is C15H14F3NO2S. The molecule has 3 nitrogen and oxygen atoms in total. The predicted molar refractivity (Wildman–Crippen MR) is 79.0 cm³/mol. The van der Waals surface area contributed by atoms with Crippen molar-refractivity contribution in [3.8, 4) is 0 Å². The fraction of sp³-hybridized carbons (Fsp3) is 0.267. The maximum atomic E-state index is 12.1. The molecule has 0 radical (unpaired) electrons. The van der Waals surface area contributed by atoms with Crippen LogP contribution in [0.1, 0.15) is 5.56 Å². The summed E-state index contributed by atoms with van der Waals surface area (Å²) in [6.07, 6.45) is -3.04. The zero-order valence-corrected chi connectivity index (χ0v) is 12.6. The molecule has 2 aromatic rings. The quantitative estimate of drug-likeness (QED) is 0.877. The first kappa shape index (κ1) is 16.6. The highest BCUT2D eigenvalue weighted by Gasteiger charge is 2.38. The number of carbonyl (C=O) groups excluding carboxylic acids is 1. The summed E-state index contributed by atoms with van der Waals surface area (Å²) in [6.45, 7) is -0.114. The summed E-state index contributed by atoms with van der Waals surface area (Å²) in [5.74, 6) is -1.94. The summed E-state index contributed by atoms with van der Waals surface area (Å²) in [4.78, 5) is 11.4. The first-order chi connectivity index (χ1) is 10.3. The molecule has 0 spiro atoms. The third kappa shape index (κ3) is 3.92. The lowest BCUT2D eigenvalue weighted by molar-refractivity contribution is -0.173. The van der Waals surface area contributed by atoms with Gasteiger partial charge in [0.25, 0.3) is 0 Å². The zero-order valence-electron chi connectivity index (χ0n) is 11.7. The molecule has 118 valence electrons. The predicted octanol–water partition coefficient (Wildman–Crippen LogP) is 2.80. The number of rotatable bonds is 4. The largest absolute Gasteiger partial charge is 0.612 e. The summed E-state index contributed by atoms with van der Waals surface area (Å²) in [6, 6.07) is 10.8. The Morgan fingerprint density at radius 1 is 1.27 bits per heavy atom. The van der Waals surface area contributed by atoms with Crippen molar-refractivity contribution in [1.82, 2.24) is 5.32 Å². The molecule has 0 heterocycles. The van der Waals surface area contributed by atoms with Crippen molar-refractivity contribution in [3.05, 3.63) is 42.0 Å². The normalized spacial score (nSPS) is 13.1. The molecule has 0 aromatic heterocycles. The molecule has 0 bridgehead atoms. The van der Waals surface area contributed by atoms with E-state index in [9.17, 15) is 22.5 Å². The Hall–Kier alpha value is -1.73. The number of hydrogen-bond acceptors (Lipinski definition) is 2. The van der Waals surface area contributed by atoms with Crippen molar-refractivity contribution in [3.63, 3.8) is 0 Å². The van der Waals surface area contributed by atoms with E-state index in [2.05, 4.69) is 0 Å². The molecule has 0 aliphatic rings. The van der Waals surface area contributed by atoms with Gasteiger partial charge in [0.05, 0.1) is 0 Å². The van der Waals surface area contributed by atoms with Gasteiger partial charge in [-0.1, -0.05) is 18.2 Å². The number of amides is 1. The van der Waals surface area contributed by atoms with Crippen molar-refractivity contribution in [2.24, 2.45) is 0 Å². The Kier molecular flexibility index (Phi) is 4.97. The highest BCUT2D eigenvalue weighted by atomic mass is 32.2. The van der Waals surface area contributed by atoms with E-state index in [4.69, 9.17) is 0 Å². The summed E-state index contributed by atoms with van der Waals surface area (Å²) in [7, 11) is 0. The molecule has 2 rings (SSSR count). The van der Waals surface area contributed by atoms with E-state index >= 15 is 0 Å². The van der Waals surface area contributed by atoms with Gasteiger partial charge in [-0.15, -0.1) is 0 Å². The lowest BCUT2D eigenvalue weighted by Crippen LogP contribution is -2.37. The Balaban J connectivity index is 2.17. The lowest BCUT2D eigenvalue weighted by Gasteiger charge is -2.11. The molecule has 2 aromatic carbocycles. The molecule has 22 heavy (non-hydrogen) atoms. The smallest absolute Gasteiger partial charge is 0.471 e. The molecule has 0 aliphatic heterocycles. The number of benzene rings is 2. The maximum Gasteiger partial charge on any atom is 0.471 e. The summed E-state index contributed by atoms with van der Waals surface area (Å²) < 4.78 is 47.9. The van der Waals surface area contributed by atoms with Crippen LogP contribution in [-0.2, 0) is 22.4 Å². The second-order valence-electron chi connectivity index (χ2n) is 4.76. The number of halogens is 3. The lowest BCUT2D eigenvalue weighted by atomic mass is 10.0. The highest BCUT2D eigenvalue weighted by molar-refractivity contribution is 7.90. The molecule has 1 N–H and O–H groups in total. The molecule has 7 heteroatoms. The van der Waals surface area contributed by atoms with Crippen LogP contribution in [0, 0.1) is 0 Å². The third-order valence-electron chi connectivity index (χ3n) is 3.21. The van der Waals surface area contributed by atoms with Crippen molar-refractivity contribution >= 4 is 27.9 Å². The highest BCUT2D eigenvalue weighted by Crippen LogP contribution is 2.23. The van der Waals surface area contributed by atoms with Gasteiger partial charge in [0.2, 0.25) is 0 Å². The van der Waals surface area contributed by atoms with Crippen LogP contribution in [0.5, 0.6) is 0 Å². The number of nitrogens with one attached hydrogen (secondary N) is 1. The Morgan fingerprint density at radius 2 is 2.00 bits per heavy atom. The Morgan fingerprint density at radius 3 is 2.64 bits per heavy atom. The van der Waals surface area contributed by atoms with Crippen LogP contribution in [0.4, 0.5) is 13.2 Å². The van der Waals surface area contributed by atoms with Gasteiger partial charge >= 0.3 is 12.1 Å². The van der Waals surface area contributed by atoms with E-state index in [0.29, 0.717) is 4.90 Å². The second kappa shape index (κ2) is 6.58. The standard InChI is InChI=1S/C15H14F3NO2S/c1-22(21)12-6-5-10-3-2-4-11(13(10)9-12)7-8-19-14(20)15(16,17)18/h2-6,9H,7-8H2,1H3,(H,19,20). The Labute approximate surface area is 128 Å². The minimum absolute atomic E-state index is 0.114.